The van der Waals surface area contributed by atoms with E-state index in [9.17, 15) is 4.39 Å². The smallest absolute Gasteiger partial charge is 0.123 e. The Morgan fingerprint density at radius 2 is 2.38 bits per heavy atom. The number of hydrogen-bond donors (Lipinski definition) is 1. The lowest BCUT2D eigenvalue weighted by Crippen LogP contribution is -2.13. The Kier molecular flexibility index (Phi) is 3.74. The zero-order valence-corrected chi connectivity index (χ0v) is 9.12. The van der Waals surface area contributed by atoms with Crippen LogP contribution in [0.2, 0.25) is 0 Å². The van der Waals surface area contributed by atoms with Crippen LogP contribution in [0.1, 0.15) is 12.0 Å². The van der Waals surface area contributed by atoms with Crippen LogP contribution in [0.25, 0.3) is 0 Å². The van der Waals surface area contributed by atoms with Crippen molar-refractivity contribution in [2.75, 3.05) is 19.8 Å². The molecule has 16 heavy (non-hydrogen) atoms. The number of hydrogen-bond acceptors (Lipinski definition) is 3. The Balaban J connectivity index is 1.97. The fourth-order valence-corrected chi connectivity index (χ4v) is 1.77. The zero-order chi connectivity index (χ0) is 11.4. The Morgan fingerprint density at radius 1 is 1.50 bits per heavy atom. The highest BCUT2D eigenvalue weighted by Crippen LogP contribution is 2.21. The third kappa shape index (κ3) is 2.71. The van der Waals surface area contributed by atoms with Gasteiger partial charge >= 0.3 is 0 Å². The van der Waals surface area contributed by atoms with Crippen molar-refractivity contribution >= 4 is 0 Å². The molecule has 1 atom stereocenters. The monoisotopic (exact) mass is 225 g/mol. The van der Waals surface area contributed by atoms with E-state index in [2.05, 4.69) is 0 Å². The number of halogens is 1. The molecule has 1 heterocycles. The van der Waals surface area contributed by atoms with E-state index in [1.54, 1.807) is 6.07 Å². The molecule has 1 aromatic rings. The molecule has 0 radical (unpaired) electrons. The van der Waals surface area contributed by atoms with Crippen molar-refractivity contribution in [2.45, 2.75) is 13.0 Å². The van der Waals surface area contributed by atoms with Gasteiger partial charge in [0.2, 0.25) is 0 Å². The van der Waals surface area contributed by atoms with Gasteiger partial charge in [-0.15, -0.1) is 0 Å². The topological polar surface area (TPSA) is 44.5 Å². The minimum atomic E-state index is -0.281. The van der Waals surface area contributed by atoms with Gasteiger partial charge in [-0.3, -0.25) is 0 Å². The Labute approximate surface area is 94.3 Å². The highest BCUT2D eigenvalue weighted by Gasteiger charge is 2.16. The first-order valence-corrected chi connectivity index (χ1v) is 5.48. The first-order valence-electron chi connectivity index (χ1n) is 5.48. The van der Waals surface area contributed by atoms with Gasteiger partial charge in [0.05, 0.1) is 13.2 Å². The van der Waals surface area contributed by atoms with Crippen LogP contribution in [0.4, 0.5) is 4.39 Å². The van der Waals surface area contributed by atoms with Gasteiger partial charge in [-0.2, -0.15) is 0 Å². The average Bonchev–Trinajstić information content (AvgIpc) is 2.80. The van der Waals surface area contributed by atoms with E-state index in [-0.39, 0.29) is 12.4 Å². The predicted molar refractivity (Wildman–Crippen MR) is 58.7 cm³/mol. The normalized spacial score (nSPS) is 20.0. The summed E-state index contributed by atoms with van der Waals surface area (Å²) in [7, 11) is 0. The summed E-state index contributed by atoms with van der Waals surface area (Å²) in [6, 6.07) is 4.44. The van der Waals surface area contributed by atoms with Gasteiger partial charge in [0, 0.05) is 24.6 Å². The summed E-state index contributed by atoms with van der Waals surface area (Å²) in [6.45, 7) is 2.45. The van der Waals surface area contributed by atoms with Crippen molar-refractivity contribution in [3.63, 3.8) is 0 Å². The van der Waals surface area contributed by atoms with Crippen LogP contribution in [0.15, 0.2) is 18.2 Å². The van der Waals surface area contributed by atoms with E-state index in [4.69, 9.17) is 15.2 Å². The minimum absolute atomic E-state index is 0.281. The molecule has 88 valence electrons. The Morgan fingerprint density at radius 3 is 3.06 bits per heavy atom. The molecule has 1 aromatic carbocycles. The van der Waals surface area contributed by atoms with Crippen LogP contribution < -0.4 is 10.5 Å². The van der Waals surface area contributed by atoms with E-state index >= 15 is 0 Å². The highest BCUT2D eigenvalue weighted by atomic mass is 19.1. The highest BCUT2D eigenvalue weighted by molar-refractivity contribution is 5.33. The molecule has 1 aliphatic heterocycles. The van der Waals surface area contributed by atoms with Crippen LogP contribution in [0.3, 0.4) is 0 Å². The summed E-state index contributed by atoms with van der Waals surface area (Å²) in [6.07, 6.45) is 1.03. The molecule has 1 unspecified atom stereocenters. The molecular weight excluding hydrogens is 209 g/mol. The third-order valence-electron chi connectivity index (χ3n) is 2.74. The lowest BCUT2D eigenvalue weighted by molar-refractivity contribution is 0.166. The molecule has 0 saturated carbocycles. The van der Waals surface area contributed by atoms with Crippen molar-refractivity contribution in [1.29, 1.82) is 0 Å². The maximum absolute atomic E-state index is 12.9. The van der Waals surface area contributed by atoms with Crippen molar-refractivity contribution in [2.24, 2.45) is 11.7 Å². The number of nitrogens with two attached hydrogens (primary N) is 1. The third-order valence-corrected chi connectivity index (χ3v) is 2.74. The van der Waals surface area contributed by atoms with Crippen LogP contribution in [0, 0.1) is 11.7 Å². The summed E-state index contributed by atoms with van der Waals surface area (Å²) < 4.78 is 23.8. The molecule has 1 aliphatic rings. The summed E-state index contributed by atoms with van der Waals surface area (Å²) >= 11 is 0. The first kappa shape index (κ1) is 11.4. The lowest BCUT2D eigenvalue weighted by Gasteiger charge is -2.13. The van der Waals surface area contributed by atoms with E-state index in [1.807, 2.05) is 0 Å². The zero-order valence-electron chi connectivity index (χ0n) is 9.12. The predicted octanol–water partition coefficient (Wildman–Crippen LogP) is 1.70. The lowest BCUT2D eigenvalue weighted by atomic mass is 10.1. The van der Waals surface area contributed by atoms with E-state index in [0.29, 0.717) is 23.8 Å². The van der Waals surface area contributed by atoms with Gasteiger partial charge in [-0.05, 0) is 24.6 Å². The second-order valence-electron chi connectivity index (χ2n) is 4.00. The Bertz CT molecular complexity index is 351. The molecule has 0 bridgehead atoms. The fraction of sp³-hybridized carbons (Fsp3) is 0.500. The largest absolute Gasteiger partial charge is 0.493 e. The molecule has 2 rings (SSSR count). The van der Waals surface area contributed by atoms with Crippen molar-refractivity contribution < 1.29 is 13.9 Å². The average molecular weight is 225 g/mol. The van der Waals surface area contributed by atoms with E-state index in [1.165, 1.54) is 12.1 Å². The summed E-state index contributed by atoms with van der Waals surface area (Å²) in [5.41, 5.74) is 6.24. The van der Waals surface area contributed by atoms with Crippen LogP contribution in [-0.4, -0.2) is 19.8 Å². The molecular formula is C12H16FNO2. The molecule has 0 amide bonds. The van der Waals surface area contributed by atoms with Crippen molar-refractivity contribution in [1.82, 2.24) is 0 Å². The summed E-state index contributed by atoms with van der Waals surface area (Å²) in [5.74, 6) is 0.837. The molecule has 0 aliphatic carbocycles. The van der Waals surface area contributed by atoms with E-state index in [0.717, 1.165) is 19.6 Å². The first-order chi connectivity index (χ1) is 7.79. The van der Waals surface area contributed by atoms with Gasteiger partial charge in [0.25, 0.3) is 0 Å². The maximum atomic E-state index is 12.9. The number of rotatable bonds is 4. The van der Waals surface area contributed by atoms with Crippen LogP contribution in [0.5, 0.6) is 5.75 Å². The van der Waals surface area contributed by atoms with Crippen LogP contribution in [-0.2, 0) is 11.3 Å². The fourth-order valence-electron chi connectivity index (χ4n) is 1.77. The molecule has 0 aromatic heterocycles. The minimum Gasteiger partial charge on any atom is -0.493 e. The van der Waals surface area contributed by atoms with Gasteiger partial charge in [0.15, 0.2) is 0 Å². The second-order valence-corrected chi connectivity index (χ2v) is 4.00. The second kappa shape index (κ2) is 5.27. The SMILES string of the molecule is NCc1cc(F)ccc1OCC1CCOC1. The van der Waals surface area contributed by atoms with Gasteiger partial charge in [-0.1, -0.05) is 0 Å². The Hall–Kier alpha value is -1.13. The summed E-state index contributed by atoms with van der Waals surface area (Å²) in [4.78, 5) is 0. The molecule has 3 nitrogen and oxygen atoms in total. The molecule has 0 spiro atoms. The van der Waals surface area contributed by atoms with Crippen molar-refractivity contribution in [3.05, 3.63) is 29.6 Å². The maximum Gasteiger partial charge on any atom is 0.123 e. The molecule has 4 heteroatoms. The molecule has 1 saturated heterocycles. The van der Waals surface area contributed by atoms with Crippen molar-refractivity contribution in [3.8, 4) is 5.75 Å². The molecule has 2 N–H and O–H groups in total. The number of benzene rings is 1. The summed E-state index contributed by atoms with van der Waals surface area (Å²) in [5, 5.41) is 0. The van der Waals surface area contributed by atoms with Gasteiger partial charge in [-0.25, -0.2) is 4.39 Å². The van der Waals surface area contributed by atoms with E-state index < -0.39 is 0 Å². The number of ether oxygens (including phenoxy) is 2. The molecule has 1 fully saturated rings. The van der Waals surface area contributed by atoms with Crippen LogP contribution >= 0.6 is 0 Å². The quantitative estimate of drug-likeness (QED) is 0.848. The van der Waals surface area contributed by atoms with Gasteiger partial charge in [0.1, 0.15) is 11.6 Å². The standard InChI is InChI=1S/C12H16FNO2/c13-11-1-2-12(10(5-11)6-14)16-8-9-3-4-15-7-9/h1-2,5,9H,3-4,6-8,14H2. The van der Waals surface area contributed by atoms with Gasteiger partial charge < -0.3 is 15.2 Å².